The van der Waals surface area contributed by atoms with Crippen LogP contribution in [0.1, 0.15) is 11.1 Å². The van der Waals surface area contributed by atoms with Crippen molar-refractivity contribution in [3.05, 3.63) is 41.5 Å². The number of rotatable bonds is 0. The molecule has 1 aliphatic rings. The van der Waals surface area contributed by atoms with Gasteiger partial charge in [-0.15, -0.1) is 0 Å². The van der Waals surface area contributed by atoms with Gasteiger partial charge in [0.15, 0.2) is 0 Å². The summed E-state index contributed by atoms with van der Waals surface area (Å²) < 4.78 is 0. The van der Waals surface area contributed by atoms with E-state index < -0.39 is 0 Å². The molecule has 0 atom stereocenters. The summed E-state index contributed by atoms with van der Waals surface area (Å²) in [5, 5.41) is 15.0. The lowest BCUT2D eigenvalue weighted by atomic mass is 10.0. The molecular formula is C12H11NO. The molecule has 0 fully saturated rings. The van der Waals surface area contributed by atoms with E-state index in [0.717, 1.165) is 18.5 Å². The van der Waals surface area contributed by atoms with E-state index >= 15 is 0 Å². The first-order valence-electron chi connectivity index (χ1n) is 4.78. The number of hydrogen-bond donors (Lipinski definition) is 2. The molecule has 1 aliphatic heterocycles. The number of hydrogen-bond acceptors (Lipinski definition) is 2. The third kappa shape index (κ3) is 1.08. The molecule has 0 saturated heterocycles. The molecule has 0 spiro atoms. The maximum atomic E-state index is 9.36. The van der Waals surface area contributed by atoms with Gasteiger partial charge in [-0.1, -0.05) is 6.07 Å². The number of aromatic hydroxyl groups is 1. The third-order valence-electron chi connectivity index (χ3n) is 2.77. The second kappa shape index (κ2) is 2.72. The van der Waals surface area contributed by atoms with Crippen molar-refractivity contribution < 1.29 is 5.11 Å². The highest BCUT2D eigenvalue weighted by atomic mass is 16.3. The SMILES string of the molecule is Oc1ccc2cc3c(cc2c1)CNC3. The number of phenolic OH excluding ortho intramolecular Hbond substituents is 1. The quantitative estimate of drug-likeness (QED) is 0.659. The molecule has 0 aromatic heterocycles. The van der Waals surface area contributed by atoms with Gasteiger partial charge in [-0.3, -0.25) is 0 Å². The molecule has 2 aromatic rings. The molecule has 0 bridgehead atoms. The van der Waals surface area contributed by atoms with Gasteiger partial charge in [0.05, 0.1) is 0 Å². The minimum absolute atomic E-state index is 0.336. The number of nitrogens with one attached hydrogen (secondary N) is 1. The predicted octanol–water partition coefficient (Wildman–Crippen LogP) is 2.15. The lowest BCUT2D eigenvalue weighted by molar-refractivity contribution is 0.476. The van der Waals surface area contributed by atoms with Crippen LogP contribution < -0.4 is 5.32 Å². The zero-order valence-electron chi connectivity index (χ0n) is 7.75. The Bertz CT molecular complexity index is 505. The van der Waals surface area contributed by atoms with Gasteiger partial charge in [-0.25, -0.2) is 0 Å². The minimum Gasteiger partial charge on any atom is -0.508 e. The maximum absolute atomic E-state index is 9.36. The molecule has 2 aromatic carbocycles. The lowest BCUT2D eigenvalue weighted by Gasteiger charge is -2.02. The largest absolute Gasteiger partial charge is 0.508 e. The van der Waals surface area contributed by atoms with Crippen molar-refractivity contribution in [3.63, 3.8) is 0 Å². The Labute approximate surface area is 82.2 Å². The number of fused-ring (bicyclic) bond motifs is 2. The van der Waals surface area contributed by atoms with Crippen molar-refractivity contribution in [1.29, 1.82) is 0 Å². The summed E-state index contributed by atoms with van der Waals surface area (Å²) in [4.78, 5) is 0. The maximum Gasteiger partial charge on any atom is 0.116 e. The fourth-order valence-corrected chi connectivity index (χ4v) is 2.04. The topological polar surface area (TPSA) is 32.3 Å². The van der Waals surface area contributed by atoms with Gasteiger partial charge in [-0.05, 0) is 46.2 Å². The minimum atomic E-state index is 0.336. The molecule has 0 unspecified atom stereocenters. The Morgan fingerprint density at radius 1 is 0.929 bits per heavy atom. The van der Waals surface area contributed by atoms with Crippen LogP contribution in [0.3, 0.4) is 0 Å². The molecule has 14 heavy (non-hydrogen) atoms. The van der Waals surface area contributed by atoms with Gasteiger partial charge in [0.1, 0.15) is 5.75 Å². The summed E-state index contributed by atoms with van der Waals surface area (Å²) in [6, 6.07) is 9.86. The van der Waals surface area contributed by atoms with Crippen molar-refractivity contribution in [2.75, 3.05) is 0 Å². The van der Waals surface area contributed by atoms with Crippen LogP contribution in [0.25, 0.3) is 10.8 Å². The molecule has 70 valence electrons. The molecule has 2 N–H and O–H groups in total. The third-order valence-corrected chi connectivity index (χ3v) is 2.77. The van der Waals surface area contributed by atoms with Crippen LogP contribution >= 0.6 is 0 Å². The Morgan fingerprint density at radius 3 is 2.43 bits per heavy atom. The zero-order chi connectivity index (χ0) is 9.54. The first kappa shape index (κ1) is 7.83. The van der Waals surface area contributed by atoms with E-state index in [9.17, 15) is 5.11 Å². The molecule has 2 heteroatoms. The van der Waals surface area contributed by atoms with Gasteiger partial charge < -0.3 is 10.4 Å². The molecule has 0 aliphatic carbocycles. The van der Waals surface area contributed by atoms with E-state index in [1.807, 2.05) is 12.1 Å². The van der Waals surface area contributed by atoms with Gasteiger partial charge in [0.25, 0.3) is 0 Å². The van der Waals surface area contributed by atoms with Crippen LogP contribution in [0.4, 0.5) is 0 Å². The molecule has 3 rings (SSSR count). The van der Waals surface area contributed by atoms with Crippen molar-refractivity contribution in [2.24, 2.45) is 0 Å². The van der Waals surface area contributed by atoms with Crippen molar-refractivity contribution >= 4 is 10.8 Å². The Balaban J connectivity index is 2.33. The standard InChI is InChI=1S/C12H11NO/c14-12-2-1-8-3-10-6-13-7-11(10)4-9(8)5-12/h1-5,13-14H,6-7H2. The molecular weight excluding hydrogens is 174 g/mol. The summed E-state index contributed by atoms with van der Waals surface area (Å²) in [7, 11) is 0. The summed E-state index contributed by atoms with van der Waals surface area (Å²) in [6.45, 7) is 1.91. The van der Waals surface area contributed by atoms with Crippen molar-refractivity contribution in [1.82, 2.24) is 5.32 Å². The molecule has 0 amide bonds. The Hall–Kier alpha value is -1.54. The second-order valence-corrected chi connectivity index (χ2v) is 3.76. The van der Waals surface area contributed by atoms with Gasteiger partial charge in [0, 0.05) is 13.1 Å². The highest BCUT2D eigenvalue weighted by Crippen LogP contribution is 2.25. The normalized spacial score (nSPS) is 14.6. The highest BCUT2D eigenvalue weighted by molar-refractivity contribution is 5.85. The van der Waals surface area contributed by atoms with Crippen LogP contribution in [0.15, 0.2) is 30.3 Å². The first-order valence-corrected chi connectivity index (χ1v) is 4.78. The van der Waals surface area contributed by atoms with Crippen LogP contribution in [-0.4, -0.2) is 5.11 Å². The highest BCUT2D eigenvalue weighted by Gasteiger charge is 2.10. The van der Waals surface area contributed by atoms with Crippen molar-refractivity contribution in [3.8, 4) is 5.75 Å². The van der Waals surface area contributed by atoms with E-state index in [2.05, 4.69) is 17.4 Å². The second-order valence-electron chi connectivity index (χ2n) is 3.76. The van der Waals surface area contributed by atoms with Crippen LogP contribution in [0.2, 0.25) is 0 Å². The summed E-state index contributed by atoms with van der Waals surface area (Å²) >= 11 is 0. The number of benzene rings is 2. The lowest BCUT2D eigenvalue weighted by Crippen LogP contribution is -1.99. The Morgan fingerprint density at radius 2 is 1.64 bits per heavy atom. The van der Waals surface area contributed by atoms with Gasteiger partial charge >= 0.3 is 0 Å². The molecule has 0 radical (unpaired) electrons. The molecule has 1 heterocycles. The predicted molar refractivity (Wildman–Crippen MR) is 56.2 cm³/mol. The molecule has 2 nitrogen and oxygen atoms in total. The zero-order valence-corrected chi connectivity index (χ0v) is 7.75. The van der Waals surface area contributed by atoms with Crippen LogP contribution in [-0.2, 0) is 13.1 Å². The summed E-state index contributed by atoms with van der Waals surface area (Å²) in [5.41, 5.74) is 2.73. The average Bonchev–Trinajstić information content (AvgIpc) is 2.61. The van der Waals surface area contributed by atoms with Crippen molar-refractivity contribution in [2.45, 2.75) is 13.1 Å². The number of phenols is 1. The van der Waals surface area contributed by atoms with E-state index in [-0.39, 0.29) is 0 Å². The van der Waals surface area contributed by atoms with E-state index in [0.29, 0.717) is 5.75 Å². The first-order chi connectivity index (χ1) is 6.83. The van der Waals surface area contributed by atoms with Crippen LogP contribution in [0.5, 0.6) is 5.75 Å². The summed E-state index contributed by atoms with van der Waals surface area (Å²) in [6.07, 6.45) is 0. The monoisotopic (exact) mass is 185 g/mol. The summed E-state index contributed by atoms with van der Waals surface area (Å²) in [5.74, 6) is 0.336. The average molecular weight is 185 g/mol. The van der Waals surface area contributed by atoms with E-state index in [1.165, 1.54) is 16.5 Å². The van der Waals surface area contributed by atoms with Gasteiger partial charge in [-0.2, -0.15) is 0 Å². The Kier molecular flexibility index (Phi) is 1.52. The fraction of sp³-hybridized carbons (Fsp3) is 0.167. The molecule has 0 saturated carbocycles. The van der Waals surface area contributed by atoms with E-state index in [1.54, 1.807) is 6.07 Å². The van der Waals surface area contributed by atoms with Crippen LogP contribution in [0, 0.1) is 0 Å². The smallest absolute Gasteiger partial charge is 0.116 e. The van der Waals surface area contributed by atoms with E-state index in [4.69, 9.17) is 0 Å². The van der Waals surface area contributed by atoms with Gasteiger partial charge in [0.2, 0.25) is 0 Å². The fourth-order valence-electron chi connectivity index (χ4n) is 2.04.